The van der Waals surface area contributed by atoms with Crippen molar-refractivity contribution < 1.29 is 4.79 Å². The highest BCUT2D eigenvalue weighted by atomic mass is 32.2. The first-order chi connectivity index (χ1) is 9.86. The number of carbonyl (C=O) groups is 1. The first kappa shape index (κ1) is 12.9. The van der Waals surface area contributed by atoms with Gasteiger partial charge in [0.25, 0.3) is 0 Å². The van der Waals surface area contributed by atoms with Crippen LogP contribution < -0.4 is 15.3 Å². The number of hydrogen-bond acceptors (Lipinski definition) is 4. The van der Waals surface area contributed by atoms with Crippen molar-refractivity contribution in [3.05, 3.63) is 58.7 Å². The zero-order valence-corrected chi connectivity index (χ0v) is 11.7. The number of aromatic nitrogens is 1. The Bertz CT molecular complexity index is 738. The minimum absolute atomic E-state index is 0.687. The van der Waals surface area contributed by atoms with Gasteiger partial charge in [0.15, 0.2) is 0 Å². The molecule has 1 aromatic carbocycles. The molecule has 100 valence electrons. The van der Waals surface area contributed by atoms with Crippen molar-refractivity contribution >= 4 is 34.9 Å². The molecular formula is C16H14N2OS. The van der Waals surface area contributed by atoms with Gasteiger partial charge in [0.05, 0.1) is 5.35 Å². The minimum atomic E-state index is 0.687. The predicted octanol–water partition coefficient (Wildman–Crippen LogP) is 2.34. The van der Waals surface area contributed by atoms with Gasteiger partial charge in [0.2, 0.25) is 0 Å². The molecule has 0 amide bonds. The molecule has 1 heterocycles. The number of aldehydes is 1. The maximum atomic E-state index is 10.6. The molecule has 1 aliphatic carbocycles. The number of anilines is 1. The van der Waals surface area contributed by atoms with E-state index < -0.39 is 0 Å². The Kier molecular flexibility index (Phi) is 3.83. The van der Waals surface area contributed by atoms with E-state index in [4.69, 9.17) is 0 Å². The van der Waals surface area contributed by atoms with Crippen molar-refractivity contribution in [2.24, 2.45) is 0 Å². The topological polar surface area (TPSA) is 42.0 Å². The van der Waals surface area contributed by atoms with Crippen LogP contribution in [0.25, 0.3) is 11.0 Å². The average molecular weight is 282 g/mol. The summed E-state index contributed by atoms with van der Waals surface area (Å²) in [5.41, 5.74) is 1.67. The Hall–Kier alpha value is -2.07. The van der Waals surface area contributed by atoms with E-state index in [1.807, 2.05) is 24.4 Å². The molecule has 1 aliphatic rings. The molecule has 0 spiro atoms. The lowest BCUT2D eigenvalue weighted by atomic mass is 10.1. The van der Waals surface area contributed by atoms with Gasteiger partial charge in [-0.05, 0) is 60.3 Å². The summed E-state index contributed by atoms with van der Waals surface area (Å²) >= 11 is 1.60. The second-order valence-corrected chi connectivity index (χ2v) is 5.45. The van der Waals surface area contributed by atoms with Crippen LogP contribution in [-0.4, -0.2) is 11.3 Å². The molecule has 0 fully saturated rings. The second-order valence-electron chi connectivity index (χ2n) is 4.55. The standard InChI is InChI=1S/C16H14N2OS/c19-11-12-6-8-14(9-7-12)18-20-15-5-1-3-13-4-2-10-17-16(13)15/h2-4,6-11,18H,1,5H2. The molecule has 0 aliphatic heterocycles. The third-order valence-corrected chi connectivity index (χ3v) is 4.16. The summed E-state index contributed by atoms with van der Waals surface area (Å²) in [4.78, 5) is 16.3. The third kappa shape index (κ3) is 2.75. The van der Waals surface area contributed by atoms with E-state index in [-0.39, 0.29) is 0 Å². The summed E-state index contributed by atoms with van der Waals surface area (Å²) in [7, 11) is 0. The van der Waals surface area contributed by atoms with E-state index in [1.165, 1.54) is 10.1 Å². The zero-order valence-electron chi connectivity index (χ0n) is 10.9. The SMILES string of the molecule is O=Cc1ccc(NSC2=c3ncccc3=CCC2)cc1. The molecule has 1 aromatic heterocycles. The number of pyridine rings is 1. The van der Waals surface area contributed by atoms with Crippen LogP contribution in [0.15, 0.2) is 42.6 Å². The largest absolute Gasteiger partial charge is 0.326 e. The van der Waals surface area contributed by atoms with Crippen LogP contribution in [0.2, 0.25) is 0 Å². The minimum Gasteiger partial charge on any atom is -0.326 e. The molecule has 3 nitrogen and oxygen atoms in total. The van der Waals surface area contributed by atoms with Crippen molar-refractivity contribution in [2.45, 2.75) is 12.8 Å². The molecule has 0 saturated heterocycles. The van der Waals surface area contributed by atoms with Gasteiger partial charge >= 0.3 is 0 Å². The highest BCUT2D eigenvalue weighted by Crippen LogP contribution is 2.24. The summed E-state index contributed by atoms with van der Waals surface area (Å²) in [6, 6.07) is 11.5. The lowest BCUT2D eigenvalue weighted by Gasteiger charge is -2.11. The number of nitrogens with zero attached hydrogens (tertiary/aromatic N) is 1. The van der Waals surface area contributed by atoms with Gasteiger partial charge in [-0.1, -0.05) is 12.1 Å². The third-order valence-electron chi connectivity index (χ3n) is 3.18. The van der Waals surface area contributed by atoms with Gasteiger partial charge in [-0.3, -0.25) is 9.78 Å². The van der Waals surface area contributed by atoms with E-state index in [1.54, 1.807) is 24.1 Å². The van der Waals surface area contributed by atoms with Crippen molar-refractivity contribution in [1.82, 2.24) is 4.98 Å². The number of hydrogen-bond donors (Lipinski definition) is 1. The zero-order chi connectivity index (χ0) is 13.8. The summed E-state index contributed by atoms with van der Waals surface area (Å²) in [5.74, 6) is 0. The summed E-state index contributed by atoms with van der Waals surface area (Å²) in [6.45, 7) is 0. The average Bonchev–Trinajstić information content (AvgIpc) is 2.53. The molecule has 0 saturated carbocycles. The smallest absolute Gasteiger partial charge is 0.150 e. The summed E-state index contributed by atoms with van der Waals surface area (Å²) in [5, 5.41) is 2.28. The molecule has 0 radical (unpaired) electrons. The van der Waals surface area contributed by atoms with Crippen LogP contribution in [0.4, 0.5) is 5.69 Å². The van der Waals surface area contributed by atoms with Gasteiger partial charge in [0.1, 0.15) is 6.29 Å². The van der Waals surface area contributed by atoms with E-state index in [9.17, 15) is 4.79 Å². The van der Waals surface area contributed by atoms with Gasteiger partial charge in [-0.25, -0.2) is 0 Å². The fourth-order valence-corrected chi connectivity index (χ4v) is 3.01. The Balaban J connectivity index is 1.81. The molecule has 20 heavy (non-hydrogen) atoms. The highest BCUT2D eigenvalue weighted by Gasteiger charge is 2.06. The van der Waals surface area contributed by atoms with E-state index in [0.29, 0.717) is 5.56 Å². The highest BCUT2D eigenvalue weighted by molar-refractivity contribution is 8.09. The van der Waals surface area contributed by atoms with E-state index >= 15 is 0 Å². The summed E-state index contributed by atoms with van der Waals surface area (Å²) in [6.07, 6.45) is 6.96. The van der Waals surface area contributed by atoms with Gasteiger partial charge in [-0.2, -0.15) is 0 Å². The van der Waals surface area contributed by atoms with Crippen molar-refractivity contribution in [3.63, 3.8) is 0 Å². The molecule has 0 unspecified atom stereocenters. The Morgan fingerprint density at radius 2 is 2.05 bits per heavy atom. The van der Waals surface area contributed by atoms with Crippen LogP contribution in [-0.2, 0) is 0 Å². The van der Waals surface area contributed by atoms with Crippen LogP contribution in [0, 0.1) is 0 Å². The maximum Gasteiger partial charge on any atom is 0.150 e. The lowest BCUT2D eigenvalue weighted by molar-refractivity contribution is 0.112. The van der Waals surface area contributed by atoms with Crippen LogP contribution in [0.5, 0.6) is 0 Å². The first-order valence-electron chi connectivity index (χ1n) is 6.49. The van der Waals surface area contributed by atoms with Gasteiger partial charge < -0.3 is 4.72 Å². The monoisotopic (exact) mass is 282 g/mol. The quantitative estimate of drug-likeness (QED) is 0.690. The van der Waals surface area contributed by atoms with Crippen molar-refractivity contribution in [2.75, 3.05) is 4.72 Å². The lowest BCUT2D eigenvalue weighted by Crippen LogP contribution is -2.31. The Morgan fingerprint density at radius 3 is 2.85 bits per heavy atom. The van der Waals surface area contributed by atoms with E-state index in [0.717, 1.165) is 30.2 Å². The molecule has 4 heteroatoms. The van der Waals surface area contributed by atoms with Crippen molar-refractivity contribution in [3.8, 4) is 0 Å². The molecule has 1 N–H and O–H groups in total. The molecule has 3 rings (SSSR count). The molecule has 0 atom stereocenters. The normalized spacial score (nSPS) is 13.3. The molecular weight excluding hydrogens is 268 g/mol. The number of benzene rings is 1. The fourth-order valence-electron chi connectivity index (χ4n) is 2.14. The van der Waals surface area contributed by atoms with Crippen LogP contribution in [0.1, 0.15) is 23.2 Å². The molecule has 2 aromatic rings. The number of fused-ring (bicyclic) bond motifs is 1. The Morgan fingerprint density at radius 1 is 1.20 bits per heavy atom. The fraction of sp³-hybridized carbons (Fsp3) is 0.125. The predicted molar refractivity (Wildman–Crippen MR) is 83.6 cm³/mol. The van der Waals surface area contributed by atoms with Crippen LogP contribution >= 0.6 is 11.9 Å². The summed E-state index contributed by atoms with van der Waals surface area (Å²) < 4.78 is 3.32. The second kappa shape index (κ2) is 5.92. The van der Waals surface area contributed by atoms with Crippen LogP contribution in [0.3, 0.4) is 0 Å². The van der Waals surface area contributed by atoms with Crippen molar-refractivity contribution in [1.29, 1.82) is 0 Å². The van der Waals surface area contributed by atoms with E-state index in [2.05, 4.69) is 21.8 Å². The maximum absolute atomic E-state index is 10.6. The van der Waals surface area contributed by atoms with Gasteiger partial charge in [0, 0.05) is 22.4 Å². The number of nitrogens with one attached hydrogen (secondary N) is 1. The number of carbonyl (C=O) groups excluding carboxylic acids is 1. The number of rotatable bonds is 4. The molecule has 0 bridgehead atoms. The van der Waals surface area contributed by atoms with Gasteiger partial charge in [-0.15, -0.1) is 0 Å². The first-order valence-corrected chi connectivity index (χ1v) is 7.31. The Labute approximate surface area is 121 Å².